The molecule has 19 heavy (non-hydrogen) atoms. The smallest absolute Gasteiger partial charge is 0.383 e. The number of aliphatic hydroxyl groups excluding tert-OH is 1. The monoisotopic (exact) mass is 281 g/mol. The number of carbonyl (C=O) groups is 1. The third-order valence-corrected chi connectivity index (χ3v) is 3.78. The van der Waals surface area contributed by atoms with Crippen LogP contribution in [0, 0.1) is 11.8 Å². The van der Waals surface area contributed by atoms with E-state index in [4.69, 9.17) is 0 Å². The lowest BCUT2D eigenvalue weighted by molar-refractivity contribution is -0.223. The van der Waals surface area contributed by atoms with Crippen LogP contribution < -0.4 is 0 Å². The average molecular weight is 281 g/mol. The number of hydrogen-bond acceptors (Lipinski definition) is 2. The van der Waals surface area contributed by atoms with Crippen LogP contribution in [0.2, 0.25) is 0 Å². The highest BCUT2D eigenvalue weighted by molar-refractivity contribution is 5.78. The Hall–Kier alpha value is -0.780. The first-order valence-electron chi connectivity index (χ1n) is 6.81. The highest BCUT2D eigenvalue weighted by Crippen LogP contribution is 2.32. The lowest BCUT2D eigenvalue weighted by Gasteiger charge is -2.35. The number of amides is 1. The van der Waals surface area contributed by atoms with E-state index in [-0.39, 0.29) is 24.7 Å². The number of likely N-dealkylation sites (tertiary alicyclic amines) is 1. The molecule has 3 nitrogen and oxygen atoms in total. The molecule has 1 heterocycles. The maximum absolute atomic E-state index is 12.4. The van der Waals surface area contributed by atoms with Gasteiger partial charge in [-0.15, -0.1) is 0 Å². The first kappa shape index (κ1) is 16.3. The largest absolute Gasteiger partial charge is 0.414 e. The minimum atomic E-state index is -4.56. The Bertz CT molecular complexity index is 299. The highest BCUT2D eigenvalue weighted by Gasteiger charge is 2.44. The fourth-order valence-corrected chi connectivity index (χ4v) is 2.57. The van der Waals surface area contributed by atoms with E-state index >= 15 is 0 Å². The molecule has 1 aliphatic heterocycles. The van der Waals surface area contributed by atoms with Crippen LogP contribution in [-0.2, 0) is 4.79 Å². The van der Waals surface area contributed by atoms with Crippen molar-refractivity contribution in [1.29, 1.82) is 0 Å². The quantitative estimate of drug-likeness (QED) is 0.860. The van der Waals surface area contributed by atoms with Gasteiger partial charge in [0.05, 0.1) is 0 Å². The second-order valence-electron chi connectivity index (χ2n) is 5.34. The summed E-state index contributed by atoms with van der Waals surface area (Å²) in [5.74, 6) is -0.846. The number of alkyl halides is 3. The van der Waals surface area contributed by atoms with Gasteiger partial charge in [-0.1, -0.05) is 20.3 Å². The maximum Gasteiger partial charge on any atom is 0.414 e. The third-order valence-electron chi connectivity index (χ3n) is 3.78. The van der Waals surface area contributed by atoms with Crippen molar-refractivity contribution >= 4 is 5.91 Å². The van der Waals surface area contributed by atoms with Crippen molar-refractivity contribution in [3.05, 3.63) is 0 Å². The molecule has 0 aromatic carbocycles. The lowest BCUT2D eigenvalue weighted by atomic mass is 9.90. The van der Waals surface area contributed by atoms with Crippen LogP contribution in [0.4, 0.5) is 13.2 Å². The van der Waals surface area contributed by atoms with Crippen molar-refractivity contribution in [2.45, 2.75) is 51.8 Å². The molecule has 0 radical (unpaired) electrons. The molecule has 0 aliphatic carbocycles. The first-order valence-corrected chi connectivity index (χ1v) is 6.81. The standard InChI is InChI=1S/C13H22F3NO2/c1-3-4-9(2)12(19)17-7-5-10(6-8-17)11(18)13(14,15)16/h9-11,18H,3-8H2,1-2H3. The van der Waals surface area contributed by atoms with Crippen LogP contribution in [0.3, 0.4) is 0 Å². The van der Waals surface area contributed by atoms with Gasteiger partial charge in [0, 0.05) is 19.0 Å². The van der Waals surface area contributed by atoms with Gasteiger partial charge in [0.2, 0.25) is 5.91 Å². The second-order valence-corrected chi connectivity index (χ2v) is 5.34. The molecule has 0 bridgehead atoms. The molecule has 2 unspecified atom stereocenters. The molecule has 1 rings (SSSR count). The Kier molecular flexibility index (Phi) is 5.64. The van der Waals surface area contributed by atoms with Gasteiger partial charge in [0.25, 0.3) is 0 Å². The zero-order chi connectivity index (χ0) is 14.6. The molecule has 6 heteroatoms. The molecule has 1 amide bonds. The topological polar surface area (TPSA) is 40.5 Å². The summed E-state index contributed by atoms with van der Waals surface area (Å²) in [6.45, 7) is 4.47. The first-order chi connectivity index (χ1) is 8.77. The molecule has 1 fully saturated rings. The predicted molar refractivity (Wildman–Crippen MR) is 65.4 cm³/mol. The lowest BCUT2D eigenvalue weighted by Crippen LogP contribution is -2.46. The Balaban J connectivity index is 2.47. The summed E-state index contributed by atoms with van der Waals surface area (Å²) in [6, 6.07) is 0. The normalized spacial score (nSPS) is 21.3. The number of piperidine rings is 1. The fraction of sp³-hybridized carbons (Fsp3) is 0.923. The predicted octanol–water partition coefficient (Wildman–Crippen LogP) is 2.58. The van der Waals surface area contributed by atoms with Crippen molar-refractivity contribution in [1.82, 2.24) is 4.90 Å². The van der Waals surface area contributed by atoms with Crippen molar-refractivity contribution in [3.63, 3.8) is 0 Å². The molecular formula is C13H22F3NO2. The molecule has 1 N–H and O–H groups in total. The fourth-order valence-electron chi connectivity index (χ4n) is 2.57. The summed E-state index contributed by atoms with van der Waals surface area (Å²) in [5, 5.41) is 9.20. The van der Waals surface area contributed by atoms with E-state index in [1.165, 1.54) is 0 Å². The van der Waals surface area contributed by atoms with Gasteiger partial charge in [-0.3, -0.25) is 4.79 Å². The van der Waals surface area contributed by atoms with Crippen molar-refractivity contribution in [2.24, 2.45) is 11.8 Å². The minimum Gasteiger partial charge on any atom is -0.383 e. The van der Waals surface area contributed by atoms with E-state index in [9.17, 15) is 23.1 Å². The number of rotatable bonds is 4. The van der Waals surface area contributed by atoms with Crippen molar-refractivity contribution in [2.75, 3.05) is 13.1 Å². The average Bonchev–Trinajstić information content (AvgIpc) is 2.36. The van der Waals surface area contributed by atoms with Crippen LogP contribution in [0.15, 0.2) is 0 Å². The molecular weight excluding hydrogens is 259 g/mol. The van der Waals surface area contributed by atoms with Crippen LogP contribution in [0.5, 0.6) is 0 Å². The summed E-state index contributed by atoms with van der Waals surface area (Å²) >= 11 is 0. The van der Waals surface area contributed by atoms with E-state index in [2.05, 4.69) is 0 Å². The Morgan fingerprint density at radius 3 is 2.32 bits per heavy atom. The molecule has 2 atom stereocenters. The number of carbonyl (C=O) groups excluding carboxylic acids is 1. The van der Waals surface area contributed by atoms with Gasteiger partial charge < -0.3 is 10.0 Å². The van der Waals surface area contributed by atoms with Crippen LogP contribution in [-0.4, -0.2) is 41.3 Å². The van der Waals surface area contributed by atoms with Gasteiger partial charge in [-0.2, -0.15) is 13.2 Å². The van der Waals surface area contributed by atoms with E-state index < -0.39 is 18.2 Å². The van der Waals surface area contributed by atoms with Gasteiger partial charge >= 0.3 is 6.18 Å². The molecule has 112 valence electrons. The van der Waals surface area contributed by atoms with Gasteiger partial charge in [-0.25, -0.2) is 0 Å². The second kappa shape index (κ2) is 6.59. The third kappa shape index (κ3) is 4.37. The zero-order valence-corrected chi connectivity index (χ0v) is 11.4. The van der Waals surface area contributed by atoms with E-state index in [0.717, 1.165) is 12.8 Å². The molecule has 0 aromatic rings. The maximum atomic E-state index is 12.4. The molecule has 1 aliphatic rings. The van der Waals surface area contributed by atoms with E-state index in [0.29, 0.717) is 13.1 Å². The highest BCUT2D eigenvalue weighted by atomic mass is 19.4. The summed E-state index contributed by atoms with van der Waals surface area (Å²) < 4.78 is 37.2. The van der Waals surface area contributed by atoms with Gasteiger partial charge in [0.15, 0.2) is 6.10 Å². The Morgan fingerprint density at radius 1 is 1.37 bits per heavy atom. The van der Waals surface area contributed by atoms with Gasteiger partial charge in [0.1, 0.15) is 0 Å². The van der Waals surface area contributed by atoms with Crippen LogP contribution in [0.1, 0.15) is 39.5 Å². The van der Waals surface area contributed by atoms with Gasteiger partial charge in [-0.05, 0) is 25.2 Å². The number of aliphatic hydroxyl groups is 1. The number of nitrogens with zero attached hydrogens (tertiary/aromatic N) is 1. The van der Waals surface area contributed by atoms with Crippen molar-refractivity contribution < 1.29 is 23.1 Å². The summed E-state index contributed by atoms with van der Waals surface area (Å²) in [7, 11) is 0. The Labute approximate surface area is 111 Å². The van der Waals surface area contributed by atoms with Crippen molar-refractivity contribution in [3.8, 4) is 0 Å². The number of hydrogen-bond donors (Lipinski definition) is 1. The molecule has 1 saturated heterocycles. The zero-order valence-electron chi connectivity index (χ0n) is 11.4. The van der Waals surface area contributed by atoms with Crippen LogP contribution in [0.25, 0.3) is 0 Å². The molecule has 0 aromatic heterocycles. The summed E-state index contributed by atoms with van der Waals surface area (Å²) in [4.78, 5) is 13.6. The summed E-state index contributed by atoms with van der Waals surface area (Å²) in [6.07, 6.45) is -4.69. The summed E-state index contributed by atoms with van der Waals surface area (Å²) in [5.41, 5.74) is 0. The minimum absolute atomic E-state index is 0.0156. The number of halogens is 3. The SMILES string of the molecule is CCCC(C)C(=O)N1CCC(C(O)C(F)(F)F)CC1. The molecule has 0 spiro atoms. The van der Waals surface area contributed by atoms with E-state index in [1.807, 2.05) is 13.8 Å². The van der Waals surface area contributed by atoms with Crippen LogP contribution >= 0.6 is 0 Å². The Morgan fingerprint density at radius 2 is 1.89 bits per heavy atom. The van der Waals surface area contributed by atoms with E-state index in [1.54, 1.807) is 4.90 Å². The molecule has 0 saturated carbocycles.